The molecule has 0 spiro atoms. The Kier molecular flexibility index (Phi) is 7.46. The molecule has 2 bridgehead atoms. The summed E-state index contributed by atoms with van der Waals surface area (Å²) in [6, 6.07) is 10.3. The minimum Gasteiger partial charge on any atom is -0.484 e. The van der Waals surface area contributed by atoms with Gasteiger partial charge in [-0.25, -0.2) is 0 Å². The van der Waals surface area contributed by atoms with E-state index in [1.165, 1.54) is 0 Å². The molecule has 0 radical (unpaired) electrons. The third-order valence-corrected chi connectivity index (χ3v) is 8.54. The smallest absolute Gasteiger partial charge is 0.263 e. The molecule has 2 N–H and O–H groups in total. The van der Waals surface area contributed by atoms with Crippen molar-refractivity contribution in [3.05, 3.63) is 52.0 Å². The van der Waals surface area contributed by atoms with Crippen LogP contribution in [0.4, 0.5) is 5.69 Å². The molecule has 202 valence electrons. The number of fused-ring (bicyclic) bond motifs is 1. The monoisotopic (exact) mass is 577 g/mol. The summed E-state index contributed by atoms with van der Waals surface area (Å²) in [7, 11) is 0. The van der Waals surface area contributed by atoms with Crippen LogP contribution >= 0.6 is 35.0 Å². The van der Waals surface area contributed by atoms with E-state index < -0.39 is 6.10 Å². The van der Waals surface area contributed by atoms with Gasteiger partial charge in [0.1, 0.15) is 11.5 Å². The van der Waals surface area contributed by atoms with E-state index >= 15 is 0 Å². The molecule has 38 heavy (non-hydrogen) atoms. The van der Waals surface area contributed by atoms with Gasteiger partial charge in [-0.1, -0.05) is 23.2 Å². The maximum atomic E-state index is 13.2. The van der Waals surface area contributed by atoms with E-state index in [9.17, 15) is 14.4 Å². The molecule has 2 aromatic rings. The summed E-state index contributed by atoms with van der Waals surface area (Å²) in [4.78, 5) is 40.2. The van der Waals surface area contributed by atoms with E-state index in [0.717, 1.165) is 5.56 Å². The number of benzene rings is 2. The highest BCUT2D eigenvalue weighted by Gasteiger charge is 2.69. The zero-order valence-electron chi connectivity index (χ0n) is 21.1. The van der Waals surface area contributed by atoms with Gasteiger partial charge in [-0.05, 0) is 74.4 Å². The highest BCUT2D eigenvalue weighted by Crippen LogP contribution is 2.60. The average Bonchev–Trinajstić information content (AvgIpc) is 2.85. The van der Waals surface area contributed by atoms with E-state index in [4.69, 9.17) is 32.7 Å². The first-order valence-corrected chi connectivity index (χ1v) is 14.5. The molecule has 1 heterocycles. The number of thioether (sulfide) groups is 1. The third-order valence-electron chi connectivity index (χ3n) is 7.27. The minimum atomic E-state index is -0.835. The standard InChI is InChI=1S/C27H29Cl2N3O5S/c1-16-9-18(4-5-19(16)29)36-12-23(33)30-26-13-27(14-26,15-26)31-25(35)22-11-32(24(34)7-8-38-2)20-10-17(28)3-6-21(20)37-22/h3-6,9-10,22H,7-8,11-15H2,1-2H3,(H,30,33)(H,31,35). The molecule has 0 aromatic heterocycles. The van der Waals surface area contributed by atoms with E-state index in [1.54, 1.807) is 53.1 Å². The Bertz CT molecular complexity index is 1270. The van der Waals surface area contributed by atoms with Gasteiger partial charge in [-0.2, -0.15) is 11.8 Å². The van der Waals surface area contributed by atoms with E-state index in [-0.39, 0.29) is 42.0 Å². The van der Waals surface area contributed by atoms with Crippen LogP contribution in [0.5, 0.6) is 11.5 Å². The van der Waals surface area contributed by atoms with Gasteiger partial charge >= 0.3 is 0 Å². The van der Waals surface area contributed by atoms with Gasteiger partial charge in [-0.15, -0.1) is 0 Å². The molecular formula is C27H29Cl2N3O5S. The molecule has 2 aromatic carbocycles. The Hall–Kier alpha value is -2.62. The summed E-state index contributed by atoms with van der Waals surface area (Å²) in [5, 5.41) is 7.30. The third kappa shape index (κ3) is 5.42. The lowest BCUT2D eigenvalue weighted by Gasteiger charge is -2.70. The summed E-state index contributed by atoms with van der Waals surface area (Å²) in [6.45, 7) is 1.90. The van der Waals surface area contributed by atoms with E-state index in [2.05, 4.69) is 10.6 Å². The number of nitrogens with zero attached hydrogens (tertiary/aromatic N) is 1. The molecule has 3 amide bonds. The van der Waals surface area contributed by atoms with Gasteiger partial charge in [0.15, 0.2) is 12.7 Å². The predicted molar refractivity (Wildman–Crippen MR) is 149 cm³/mol. The fraction of sp³-hybridized carbons (Fsp3) is 0.444. The molecular weight excluding hydrogens is 549 g/mol. The van der Waals surface area contributed by atoms with Crippen molar-refractivity contribution in [3.63, 3.8) is 0 Å². The number of hydrogen-bond donors (Lipinski definition) is 2. The number of aryl methyl sites for hydroxylation is 1. The Morgan fingerprint density at radius 2 is 1.84 bits per heavy atom. The quantitative estimate of drug-likeness (QED) is 0.465. The van der Waals surface area contributed by atoms with E-state index in [0.29, 0.717) is 58.7 Å². The lowest BCUT2D eigenvalue weighted by molar-refractivity contribution is -0.153. The second-order valence-electron chi connectivity index (χ2n) is 10.3. The number of anilines is 1. The van der Waals surface area contributed by atoms with Crippen LogP contribution in [0.15, 0.2) is 36.4 Å². The Morgan fingerprint density at radius 3 is 2.55 bits per heavy atom. The maximum absolute atomic E-state index is 13.2. The number of carbonyl (C=O) groups is 3. The van der Waals surface area contributed by atoms with E-state index in [1.807, 2.05) is 13.2 Å². The highest BCUT2D eigenvalue weighted by atomic mass is 35.5. The Morgan fingerprint density at radius 1 is 1.11 bits per heavy atom. The fourth-order valence-corrected chi connectivity index (χ4v) is 6.20. The van der Waals surface area contributed by atoms with Crippen LogP contribution in [0.2, 0.25) is 10.0 Å². The molecule has 1 aliphatic heterocycles. The zero-order valence-corrected chi connectivity index (χ0v) is 23.5. The van der Waals surface area contributed by atoms with Crippen LogP contribution in [0.3, 0.4) is 0 Å². The largest absolute Gasteiger partial charge is 0.484 e. The van der Waals surface area contributed by atoms with Crippen LogP contribution in [-0.4, -0.2) is 60.1 Å². The van der Waals surface area contributed by atoms with Crippen LogP contribution < -0.4 is 25.0 Å². The van der Waals surface area contributed by atoms with Crippen LogP contribution in [0.25, 0.3) is 0 Å². The van der Waals surface area contributed by atoms with Gasteiger partial charge in [0.05, 0.1) is 12.2 Å². The average molecular weight is 579 g/mol. The van der Waals surface area contributed by atoms with Crippen LogP contribution in [0.1, 0.15) is 31.2 Å². The van der Waals surface area contributed by atoms with Crippen LogP contribution in [0, 0.1) is 6.92 Å². The van der Waals surface area contributed by atoms with Gasteiger partial charge in [0.2, 0.25) is 5.91 Å². The Balaban J connectivity index is 1.14. The van der Waals surface area contributed by atoms with Crippen molar-refractivity contribution in [1.82, 2.24) is 10.6 Å². The van der Waals surface area contributed by atoms with Crippen molar-refractivity contribution in [2.45, 2.75) is 49.8 Å². The minimum absolute atomic E-state index is 0.0767. The van der Waals surface area contributed by atoms with Gasteiger partial charge in [0.25, 0.3) is 11.8 Å². The summed E-state index contributed by atoms with van der Waals surface area (Å²) >= 11 is 13.8. The first-order valence-electron chi connectivity index (χ1n) is 12.4. The molecule has 0 saturated heterocycles. The molecule has 1 atom stereocenters. The summed E-state index contributed by atoms with van der Waals surface area (Å²) in [5.74, 6) is 1.17. The molecule has 11 heteroatoms. The number of ether oxygens (including phenoxy) is 2. The lowest BCUT2D eigenvalue weighted by atomic mass is 9.44. The van der Waals surface area contributed by atoms with Crippen LogP contribution in [-0.2, 0) is 14.4 Å². The number of carbonyl (C=O) groups excluding carboxylic acids is 3. The number of nitrogens with one attached hydrogen (secondary N) is 2. The molecule has 3 saturated carbocycles. The molecule has 8 nitrogen and oxygen atoms in total. The van der Waals surface area contributed by atoms with Crippen molar-refractivity contribution < 1.29 is 23.9 Å². The maximum Gasteiger partial charge on any atom is 0.263 e. The first kappa shape index (κ1) is 27.0. The molecule has 1 unspecified atom stereocenters. The summed E-state index contributed by atoms with van der Waals surface area (Å²) in [6.07, 6.45) is 3.40. The SMILES string of the molecule is CSCCC(=O)N1CC(C(=O)NC23CC(NC(=O)COc4ccc(Cl)c(C)c4)(C2)C3)Oc2ccc(Cl)cc21. The second kappa shape index (κ2) is 10.5. The molecule has 3 aliphatic carbocycles. The Labute approximate surface area is 235 Å². The number of rotatable bonds is 9. The van der Waals surface area contributed by atoms with Crippen molar-refractivity contribution >= 4 is 58.4 Å². The fourth-order valence-electron chi connectivity index (χ4n) is 5.54. The van der Waals surface area contributed by atoms with Gasteiger partial charge in [-0.3, -0.25) is 14.4 Å². The van der Waals surface area contributed by atoms with Crippen molar-refractivity contribution in [1.29, 1.82) is 0 Å². The highest BCUT2D eigenvalue weighted by molar-refractivity contribution is 7.98. The molecule has 4 aliphatic rings. The predicted octanol–water partition coefficient (Wildman–Crippen LogP) is 4.14. The summed E-state index contributed by atoms with van der Waals surface area (Å²) in [5.41, 5.74) is 0.773. The zero-order chi connectivity index (χ0) is 27.1. The molecule has 6 rings (SSSR count). The van der Waals surface area contributed by atoms with Crippen molar-refractivity contribution in [2.75, 3.05) is 30.1 Å². The lowest BCUT2D eigenvalue weighted by Crippen LogP contribution is -2.84. The van der Waals surface area contributed by atoms with Gasteiger partial charge < -0.3 is 25.0 Å². The topological polar surface area (TPSA) is 97.0 Å². The normalized spacial score (nSPS) is 24.7. The number of hydrogen-bond acceptors (Lipinski definition) is 6. The number of halogens is 2. The second-order valence-corrected chi connectivity index (χ2v) is 12.1. The summed E-state index contributed by atoms with van der Waals surface area (Å²) < 4.78 is 11.6. The van der Waals surface area contributed by atoms with Crippen molar-refractivity contribution in [2.24, 2.45) is 0 Å². The van der Waals surface area contributed by atoms with Crippen molar-refractivity contribution in [3.8, 4) is 11.5 Å². The first-order chi connectivity index (χ1) is 18.1. The molecule has 3 fully saturated rings. The van der Waals surface area contributed by atoms with Gasteiger partial charge in [0, 0.05) is 33.3 Å². The number of amides is 3.